The topological polar surface area (TPSA) is 59.4 Å². The first-order valence-corrected chi connectivity index (χ1v) is 3.53. The summed E-state index contributed by atoms with van der Waals surface area (Å²) in [5, 5.41) is 8.87. The van der Waals surface area contributed by atoms with Crippen molar-refractivity contribution in [3.63, 3.8) is 0 Å². The zero-order chi connectivity index (χ0) is 8.48. The predicted octanol–water partition coefficient (Wildman–Crippen LogP) is 0.754. The van der Waals surface area contributed by atoms with E-state index in [4.69, 9.17) is 15.3 Å². The van der Waals surface area contributed by atoms with Gasteiger partial charge in [0.25, 0.3) is 0 Å². The van der Waals surface area contributed by atoms with Crippen molar-refractivity contribution in [2.24, 2.45) is 5.73 Å². The number of aliphatic hydroxyl groups excluding tert-OH is 1. The minimum absolute atomic E-state index is 0.111. The Morgan fingerprint density at radius 1 is 1.64 bits per heavy atom. The van der Waals surface area contributed by atoms with E-state index in [0.29, 0.717) is 5.76 Å². The van der Waals surface area contributed by atoms with Crippen molar-refractivity contribution < 1.29 is 9.52 Å². The van der Waals surface area contributed by atoms with Gasteiger partial charge in [-0.25, -0.2) is 0 Å². The highest BCUT2D eigenvalue weighted by molar-refractivity contribution is 5.13. The van der Waals surface area contributed by atoms with E-state index in [1.807, 2.05) is 13.0 Å². The molecule has 3 N–H and O–H groups in total. The zero-order valence-electron chi connectivity index (χ0n) is 6.79. The molecule has 1 atom stereocenters. The molecule has 1 aromatic rings. The van der Waals surface area contributed by atoms with Gasteiger partial charge in [0.15, 0.2) is 0 Å². The summed E-state index contributed by atoms with van der Waals surface area (Å²) in [4.78, 5) is 0. The summed E-state index contributed by atoms with van der Waals surface area (Å²) in [5.41, 5.74) is 4.95. The summed E-state index contributed by atoms with van der Waals surface area (Å²) < 4.78 is 5.25. The van der Waals surface area contributed by atoms with Crippen LogP contribution in [-0.2, 0) is 5.54 Å². The number of aryl methyl sites for hydroxylation is 1. The highest BCUT2D eigenvalue weighted by Gasteiger charge is 2.23. The lowest BCUT2D eigenvalue weighted by Crippen LogP contribution is -2.36. The summed E-state index contributed by atoms with van der Waals surface area (Å²) in [6, 6.07) is 3.61. The van der Waals surface area contributed by atoms with E-state index in [2.05, 4.69) is 0 Å². The standard InChI is InChI=1S/C8H13NO2/c1-6-3-4-7(11-6)8(2,9)5-10/h3-4,10H,5,9H2,1-2H3/t8-/m0/s1. The maximum absolute atomic E-state index is 8.87. The second-order valence-corrected chi connectivity index (χ2v) is 2.99. The fourth-order valence-electron chi connectivity index (χ4n) is 0.819. The van der Waals surface area contributed by atoms with Crippen LogP contribution < -0.4 is 5.73 Å². The Balaban J connectivity index is 2.92. The Kier molecular flexibility index (Phi) is 2.02. The van der Waals surface area contributed by atoms with Crippen molar-refractivity contribution in [2.75, 3.05) is 6.61 Å². The molecule has 0 radical (unpaired) electrons. The maximum atomic E-state index is 8.87. The highest BCUT2D eigenvalue weighted by Crippen LogP contribution is 2.18. The number of aliphatic hydroxyl groups is 1. The van der Waals surface area contributed by atoms with Gasteiger partial charge in [-0.15, -0.1) is 0 Å². The molecular formula is C8H13NO2. The average Bonchev–Trinajstić information content (AvgIpc) is 2.36. The third-order valence-corrected chi connectivity index (χ3v) is 1.63. The Hall–Kier alpha value is -0.800. The van der Waals surface area contributed by atoms with Crippen LogP contribution in [0.4, 0.5) is 0 Å². The van der Waals surface area contributed by atoms with Gasteiger partial charge in [0.1, 0.15) is 11.5 Å². The second kappa shape index (κ2) is 2.68. The quantitative estimate of drug-likeness (QED) is 0.662. The van der Waals surface area contributed by atoms with Gasteiger partial charge in [-0.3, -0.25) is 0 Å². The van der Waals surface area contributed by atoms with Crippen LogP contribution in [0.1, 0.15) is 18.4 Å². The molecule has 0 spiro atoms. The van der Waals surface area contributed by atoms with Gasteiger partial charge in [0, 0.05) is 0 Å². The Bertz CT molecular complexity index is 240. The number of hydrogen-bond donors (Lipinski definition) is 2. The molecule has 0 aliphatic carbocycles. The second-order valence-electron chi connectivity index (χ2n) is 2.99. The monoisotopic (exact) mass is 155 g/mol. The van der Waals surface area contributed by atoms with Crippen molar-refractivity contribution in [1.82, 2.24) is 0 Å². The molecule has 11 heavy (non-hydrogen) atoms. The molecule has 0 fully saturated rings. The smallest absolute Gasteiger partial charge is 0.126 e. The molecule has 3 nitrogen and oxygen atoms in total. The number of furan rings is 1. The fraction of sp³-hybridized carbons (Fsp3) is 0.500. The summed E-state index contributed by atoms with van der Waals surface area (Å²) in [6.07, 6.45) is 0. The number of hydrogen-bond acceptors (Lipinski definition) is 3. The minimum atomic E-state index is -0.756. The van der Waals surface area contributed by atoms with Crippen LogP contribution in [0, 0.1) is 6.92 Å². The van der Waals surface area contributed by atoms with Crippen LogP contribution in [0.15, 0.2) is 16.5 Å². The Morgan fingerprint density at radius 2 is 2.27 bits per heavy atom. The first kappa shape index (κ1) is 8.30. The normalized spacial score (nSPS) is 16.4. The van der Waals surface area contributed by atoms with E-state index in [0.717, 1.165) is 5.76 Å². The van der Waals surface area contributed by atoms with Gasteiger partial charge in [-0.05, 0) is 26.0 Å². The van der Waals surface area contributed by atoms with Crippen molar-refractivity contribution in [1.29, 1.82) is 0 Å². The van der Waals surface area contributed by atoms with Crippen LogP contribution in [0.2, 0.25) is 0 Å². The summed E-state index contributed by atoms with van der Waals surface area (Å²) >= 11 is 0. The SMILES string of the molecule is Cc1ccc([C@@](C)(N)CO)o1. The third kappa shape index (κ3) is 1.61. The Morgan fingerprint density at radius 3 is 2.64 bits per heavy atom. The van der Waals surface area contributed by atoms with Crippen molar-refractivity contribution in [3.8, 4) is 0 Å². The van der Waals surface area contributed by atoms with E-state index in [9.17, 15) is 0 Å². The molecule has 0 amide bonds. The first-order valence-electron chi connectivity index (χ1n) is 3.53. The maximum Gasteiger partial charge on any atom is 0.126 e. The molecule has 0 aromatic carbocycles. The van der Waals surface area contributed by atoms with Crippen LogP contribution in [0.3, 0.4) is 0 Å². The molecule has 1 aromatic heterocycles. The Labute approximate surface area is 65.8 Å². The van der Waals surface area contributed by atoms with E-state index in [1.165, 1.54) is 0 Å². The number of rotatable bonds is 2. The van der Waals surface area contributed by atoms with Crippen LogP contribution >= 0.6 is 0 Å². The molecule has 0 unspecified atom stereocenters. The first-order chi connectivity index (χ1) is 5.06. The van der Waals surface area contributed by atoms with Gasteiger partial charge < -0.3 is 15.3 Å². The minimum Gasteiger partial charge on any atom is -0.464 e. The lowest BCUT2D eigenvalue weighted by atomic mass is 10.0. The summed E-state index contributed by atoms with van der Waals surface area (Å²) in [6.45, 7) is 3.46. The summed E-state index contributed by atoms with van der Waals surface area (Å²) in [7, 11) is 0. The van der Waals surface area contributed by atoms with Crippen molar-refractivity contribution in [2.45, 2.75) is 19.4 Å². The van der Waals surface area contributed by atoms with E-state index >= 15 is 0 Å². The molecule has 0 aliphatic rings. The van der Waals surface area contributed by atoms with Crippen LogP contribution in [0.25, 0.3) is 0 Å². The van der Waals surface area contributed by atoms with E-state index < -0.39 is 5.54 Å². The number of nitrogens with two attached hydrogens (primary N) is 1. The average molecular weight is 155 g/mol. The third-order valence-electron chi connectivity index (χ3n) is 1.63. The molecule has 1 rings (SSSR count). The van der Waals surface area contributed by atoms with Crippen LogP contribution in [0.5, 0.6) is 0 Å². The zero-order valence-corrected chi connectivity index (χ0v) is 6.79. The summed E-state index contributed by atoms with van der Waals surface area (Å²) in [5.74, 6) is 1.43. The van der Waals surface area contributed by atoms with Crippen molar-refractivity contribution in [3.05, 3.63) is 23.7 Å². The molecule has 0 saturated heterocycles. The molecular weight excluding hydrogens is 142 g/mol. The molecule has 62 valence electrons. The molecule has 0 bridgehead atoms. The molecule has 0 saturated carbocycles. The molecule has 0 aliphatic heterocycles. The van der Waals surface area contributed by atoms with Gasteiger partial charge in [-0.2, -0.15) is 0 Å². The van der Waals surface area contributed by atoms with E-state index in [1.54, 1.807) is 13.0 Å². The van der Waals surface area contributed by atoms with Gasteiger partial charge in [0.2, 0.25) is 0 Å². The van der Waals surface area contributed by atoms with Crippen LogP contribution in [-0.4, -0.2) is 11.7 Å². The fourth-order valence-corrected chi connectivity index (χ4v) is 0.819. The molecule has 1 heterocycles. The van der Waals surface area contributed by atoms with Gasteiger partial charge in [0.05, 0.1) is 12.1 Å². The predicted molar refractivity (Wildman–Crippen MR) is 42.1 cm³/mol. The van der Waals surface area contributed by atoms with E-state index in [-0.39, 0.29) is 6.61 Å². The van der Waals surface area contributed by atoms with Gasteiger partial charge in [-0.1, -0.05) is 0 Å². The lowest BCUT2D eigenvalue weighted by molar-refractivity contribution is 0.187. The van der Waals surface area contributed by atoms with Crippen molar-refractivity contribution >= 4 is 0 Å². The van der Waals surface area contributed by atoms with Gasteiger partial charge >= 0.3 is 0 Å². The molecule has 3 heteroatoms. The highest BCUT2D eigenvalue weighted by atomic mass is 16.3. The lowest BCUT2D eigenvalue weighted by Gasteiger charge is -2.17. The largest absolute Gasteiger partial charge is 0.464 e.